The number of hydrogen-bond donors (Lipinski definition) is 2. The quantitative estimate of drug-likeness (QED) is 0.764. The van der Waals surface area contributed by atoms with E-state index in [1.807, 2.05) is 60.1 Å². The monoisotopic (exact) mass is 267 g/mol. The molecule has 0 spiro atoms. The van der Waals surface area contributed by atoms with Gasteiger partial charge in [-0.15, -0.1) is 0 Å². The third kappa shape index (κ3) is 1.99. The Labute approximate surface area is 117 Å². The Morgan fingerprint density at radius 3 is 2.60 bits per heavy atom. The van der Waals surface area contributed by atoms with E-state index in [2.05, 4.69) is 4.98 Å². The number of aliphatic hydroxyl groups excluding tert-OH is 1. The molecule has 0 aliphatic rings. The molecule has 3 rings (SSSR count). The van der Waals surface area contributed by atoms with Crippen molar-refractivity contribution in [1.82, 2.24) is 9.55 Å². The van der Waals surface area contributed by atoms with Crippen LogP contribution in [0, 0.1) is 0 Å². The van der Waals surface area contributed by atoms with Crippen LogP contribution in [0.1, 0.15) is 23.1 Å². The number of rotatable bonds is 3. The van der Waals surface area contributed by atoms with E-state index < -0.39 is 6.10 Å². The van der Waals surface area contributed by atoms with Crippen molar-refractivity contribution >= 4 is 11.0 Å². The highest BCUT2D eigenvalue weighted by atomic mass is 16.3. The van der Waals surface area contributed by atoms with E-state index >= 15 is 0 Å². The summed E-state index contributed by atoms with van der Waals surface area (Å²) >= 11 is 0. The van der Waals surface area contributed by atoms with Crippen molar-refractivity contribution in [3.8, 4) is 0 Å². The molecule has 102 valence electrons. The third-order valence-electron chi connectivity index (χ3n) is 3.61. The van der Waals surface area contributed by atoms with Gasteiger partial charge >= 0.3 is 0 Å². The fraction of sp³-hybridized carbons (Fsp3) is 0.188. The van der Waals surface area contributed by atoms with Gasteiger partial charge in [-0.25, -0.2) is 4.98 Å². The number of aromatic nitrogens is 2. The predicted molar refractivity (Wildman–Crippen MR) is 79.1 cm³/mol. The maximum atomic E-state index is 10.5. The van der Waals surface area contributed by atoms with Crippen LogP contribution >= 0.6 is 0 Å². The smallest absolute Gasteiger partial charge is 0.143 e. The van der Waals surface area contributed by atoms with E-state index in [-0.39, 0.29) is 0 Å². The Morgan fingerprint density at radius 2 is 1.90 bits per heavy atom. The molecule has 1 heterocycles. The molecule has 4 nitrogen and oxygen atoms in total. The molecule has 0 aliphatic heterocycles. The minimum Gasteiger partial charge on any atom is -0.380 e. The van der Waals surface area contributed by atoms with Crippen molar-refractivity contribution in [1.29, 1.82) is 0 Å². The van der Waals surface area contributed by atoms with Crippen LogP contribution in [0.3, 0.4) is 0 Å². The van der Waals surface area contributed by atoms with Crippen LogP contribution in [0.5, 0.6) is 0 Å². The van der Waals surface area contributed by atoms with Crippen LogP contribution in [-0.4, -0.2) is 14.7 Å². The van der Waals surface area contributed by atoms with Crippen molar-refractivity contribution in [2.75, 3.05) is 0 Å². The largest absolute Gasteiger partial charge is 0.380 e. The third-order valence-corrected chi connectivity index (χ3v) is 3.61. The minimum atomic E-state index is -0.737. The number of fused-ring (bicyclic) bond motifs is 1. The van der Waals surface area contributed by atoms with Crippen molar-refractivity contribution < 1.29 is 5.11 Å². The van der Waals surface area contributed by atoms with Gasteiger partial charge in [0.25, 0.3) is 0 Å². The van der Waals surface area contributed by atoms with Crippen LogP contribution in [0.4, 0.5) is 0 Å². The highest BCUT2D eigenvalue weighted by Gasteiger charge is 2.18. The molecule has 0 amide bonds. The lowest BCUT2D eigenvalue weighted by atomic mass is 10.1. The second-order valence-electron chi connectivity index (χ2n) is 4.83. The van der Waals surface area contributed by atoms with Crippen LogP contribution in [0.2, 0.25) is 0 Å². The molecule has 0 aliphatic carbocycles. The van der Waals surface area contributed by atoms with Gasteiger partial charge in [0.2, 0.25) is 0 Å². The Morgan fingerprint density at radius 1 is 1.15 bits per heavy atom. The number of aryl methyl sites for hydroxylation is 1. The lowest BCUT2D eigenvalue weighted by Crippen LogP contribution is -2.06. The number of nitrogens with zero attached hydrogens (tertiary/aromatic N) is 2. The molecule has 2 aromatic carbocycles. The van der Waals surface area contributed by atoms with Gasteiger partial charge in [-0.05, 0) is 17.2 Å². The van der Waals surface area contributed by atoms with Gasteiger partial charge < -0.3 is 15.4 Å². The fourth-order valence-electron chi connectivity index (χ4n) is 2.48. The summed E-state index contributed by atoms with van der Waals surface area (Å²) in [6.45, 7) is 0.440. The molecular formula is C16H17N3O. The average Bonchev–Trinajstić information content (AvgIpc) is 2.85. The first-order valence-corrected chi connectivity index (χ1v) is 6.59. The molecule has 0 radical (unpaired) electrons. The van der Waals surface area contributed by atoms with Crippen molar-refractivity contribution in [3.63, 3.8) is 0 Å². The lowest BCUT2D eigenvalue weighted by molar-refractivity contribution is 0.207. The number of nitrogens with two attached hydrogens (primary N) is 1. The maximum absolute atomic E-state index is 10.5. The van der Waals surface area contributed by atoms with Gasteiger partial charge in [0.1, 0.15) is 11.9 Å². The standard InChI is InChI=1S/C16H17N3O/c1-19-13-9-5-8-12(10-17)14(13)18-16(19)15(20)11-6-3-2-4-7-11/h2-9,15,20H,10,17H2,1H3. The van der Waals surface area contributed by atoms with Gasteiger partial charge in [0.15, 0.2) is 0 Å². The molecule has 0 saturated carbocycles. The first-order valence-electron chi connectivity index (χ1n) is 6.59. The molecule has 0 fully saturated rings. The molecule has 0 bridgehead atoms. The molecule has 1 unspecified atom stereocenters. The van der Waals surface area contributed by atoms with Crippen LogP contribution < -0.4 is 5.73 Å². The van der Waals surface area contributed by atoms with E-state index in [1.54, 1.807) is 0 Å². The van der Waals surface area contributed by atoms with E-state index in [1.165, 1.54) is 0 Å². The van der Waals surface area contributed by atoms with Crippen LogP contribution in [0.15, 0.2) is 48.5 Å². The van der Waals surface area contributed by atoms with Crippen LogP contribution in [0.25, 0.3) is 11.0 Å². The zero-order valence-electron chi connectivity index (χ0n) is 11.3. The summed E-state index contributed by atoms with van der Waals surface area (Å²) in [4.78, 5) is 4.59. The topological polar surface area (TPSA) is 64.1 Å². The molecule has 1 atom stereocenters. The Kier molecular flexibility index (Phi) is 3.26. The molecule has 0 saturated heterocycles. The van der Waals surface area contributed by atoms with Crippen molar-refractivity contribution in [2.45, 2.75) is 12.6 Å². The SMILES string of the molecule is Cn1c(C(O)c2ccccc2)nc2c(CN)cccc21. The van der Waals surface area contributed by atoms with Gasteiger partial charge in [0.05, 0.1) is 11.0 Å². The summed E-state index contributed by atoms with van der Waals surface area (Å²) in [5.41, 5.74) is 9.42. The molecule has 1 aromatic heterocycles. The van der Waals surface area contributed by atoms with Crippen molar-refractivity contribution in [3.05, 3.63) is 65.5 Å². The number of benzene rings is 2. The van der Waals surface area contributed by atoms with Crippen molar-refractivity contribution in [2.24, 2.45) is 12.8 Å². The number of imidazole rings is 1. The molecule has 20 heavy (non-hydrogen) atoms. The summed E-state index contributed by atoms with van der Waals surface area (Å²) in [6, 6.07) is 15.5. The van der Waals surface area contributed by atoms with Gasteiger partial charge in [0, 0.05) is 13.6 Å². The zero-order valence-corrected chi connectivity index (χ0v) is 11.3. The first kappa shape index (κ1) is 12.8. The Bertz CT molecular complexity index is 734. The average molecular weight is 267 g/mol. The highest BCUT2D eigenvalue weighted by Crippen LogP contribution is 2.26. The summed E-state index contributed by atoms with van der Waals surface area (Å²) in [7, 11) is 1.91. The van der Waals surface area contributed by atoms with E-state index in [0.29, 0.717) is 12.4 Å². The highest BCUT2D eigenvalue weighted by molar-refractivity contribution is 5.79. The van der Waals surface area contributed by atoms with Gasteiger partial charge in [-0.1, -0.05) is 42.5 Å². The first-order chi connectivity index (χ1) is 9.72. The second-order valence-corrected chi connectivity index (χ2v) is 4.83. The van der Waals surface area contributed by atoms with E-state index in [4.69, 9.17) is 5.73 Å². The molecule has 4 heteroatoms. The second kappa shape index (κ2) is 5.07. The number of hydrogen-bond acceptors (Lipinski definition) is 3. The summed E-state index contributed by atoms with van der Waals surface area (Å²) in [5, 5.41) is 10.5. The number of para-hydroxylation sites is 1. The number of aliphatic hydroxyl groups is 1. The molecule has 3 aromatic rings. The van der Waals surface area contributed by atoms with Gasteiger partial charge in [-0.2, -0.15) is 0 Å². The summed E-state index contributed by atoms with van der Waals surface area (Å²) in [6.07, 6.45) is -0.737. The minimum absolute atomic E-state index is 0.440. The normalized spacial score (nSPS) is 12.8. The molecule has 3 N–H and O–H groups in total. The fourth-order valence-corrected chi connectivity index (χ4v) is 2.48. The molecular weight excluding hydrogens is 250 g/mol. The maximum Gasteiger partial charge on any atom is 0.143 e. The van der Waals surface area contributed by atoms with Crippen LogP contribution in [-0.2, 0) is 13.6 Å². The van der Waals surface area contributed by atoms with E-state index in [0.717, 1.165) is 22.2 Å². The summed E-state index contributed by atoms with van der Waals surface area (Å²) < 4.78 is 1.92. The lowest BCUT2D eigenvalue weighted by Gasteiger charge is -2.10. The zero-order chi connectivity index (χ0) is 14.1. The Balaban J connectivity index is 2.15. The van der Waals surface area contributed by atoms with E-state index in [9.17, 15) is 5.11 Å². The summed E-state index contributed by atoms with van der Waals surface area (Å²) in [5.74, 6) is 0.632. The van der Waals surface area contributed by atoms with Gasteiger partial charge in [-0.3, -0.25) is 0 Å². The predicted octanol–water partition coefficient (Wildman–Crippen LogP) is 2.11. The Hall–Kier alpha value is -2.17.